The summed E-state index contributed by atoms with van der Waals surface area (Å²) in [5.41, 5.74) is 0. The lowest BCUT2D eigenvalue weighted by atomic mass is 10.3. The van der Waals surface area contributed by atoms with Gasteiger partial charge in [-0.15, -0.1) is 0 Å². The van der Waals surface area contributed by atoms with E-state index in [-0.39, 0.29) is 12.8 Å². The molecule has 1 saturated carbocycles. The lowest BCUT2D eigenvalue weighted by molar-refractivity contribution is 0.303. The first-order valence-corrected chi connectivity index (χ1v) is 7.57. The van der Waals surface area contributed by atoms with Crippen LogP contribution in [0, 0.1) is 0 Å². The Morgan fingerprint density at radius 2 is 1.67 bits per heavy atom. The van der Waals surface area contributed by atoms with Gasteiger partial charge in [-0.25, -0.2) is 13.6 Å². The largest absolute Gasteiger partial charge is 0.280 e. The SMILES string of the molecule is NS(=O)(=O)C1(NS(=O)(=O)N2CCC2)CC1. The number of nitrogens with one attached hydrogen (secondary N) is 1. The van der Waals surface area contributed by atoms with Crippen LogP contribution in [-0.2, 0) is 20.2 Å². The molecule has 1 heterocycles. The summed E-state index contributed by atoms with van der Waals surface area (Å²) in [5, 5.41) is 4.97. The molecule has 0 amide bonds. The molecular formula is C6H13N3O4S2. The summed E-state index contributed by atoms with van der Waals surface area (Å²) in [6, 6.07) is 0. The molecule has 2 rings (SSSR count). The number of hydrogen-bond acceptors (Lipinski definition) is 4. The third-order valence-electron chi connectivity index (χ3n) is 2.72. The van der Waals surface area contributed by atoms with Crippen molar-refractivity contribution in [3.05, 3.63) is 0 Å². The maximum absolute atomic E-state index is 11.6. The predicted molar refractivity (Wildman–Crippen MR) is 53.3 cm³/mol. The van der Waals surface area contributed by atoms with Crippen molar-refractivity contribution in [1.29, 1.82) is 0 Å². The second-order valence-corrected chi connectivity index (χ2v) is 7.44. The molecule has 7 nitrogen and oxygen atoms in total. The highest BCUT2D eigenvalue weighted by Crippen LogP contribution is 2.40. The summed E-state index contributed by atoms with van der Waals surface area (Å²) in [6.07, 6.45) is 1.31. The fourth-order valence-corrected chi connectivity index (χ4v) is 4.38. The van der Waals surface area contributed by atoms with Gasteiger partial charge in [0, 0.05) is 13.1 Å². The van der Waals surface area contributed by atoms with Gasteiger partial charge in [0.1, 0.15) is 4.87 Å². The van der Waals surface area contributed by atoms with E-state index < -0.39 is 25.1 Å². The van der Waals surface area contributed by atoms with Crippen molar-refractivity contribution in [2.24, 2.45) is 5.14 Å². The third-order valence-corrected chi connectivity index (χ3v) is 6.14. The van der Waals surface area contributed by atoms with Gasteiger partial charge in [-0.05, 0) is 19.3 Å². The number of hydrogen-bond donors (Lipinski definition) is 2. The maximum Gasteiger partial charge on any atom is 0.280 e. The molecule has 0 unspecified atom stereocenters. The number of nitrogens with zero attached hydrogens (tertiary/aromatic N) is 1. The van der Waals surface area contributed by atoms with Crippen molar-refractivity contribution >= 4 is 20.2 Å². The van der Waals surface area contributed by atoms with Crippen LogP contribution in [0.2, 0.25) is 0 Å². The Morgan fingerprint density at radius 3 is 1.93 bits per heavy atom. The average molecular weight is 255 g/mol. The highest BCUT2D eigenvalue weighted by Gasteiger charge is 2.56. The Hall–Kier alpha value is -0.220. The minimum Gasteiger partial charge on any atom is -0.227 e. The molecule has 1 saturated heterocycles. The predicted octanol–water partition coefficient (Wildman–Crippen LogP) is -1.69. The van der Waals surface area contributed by atoms with Gasteiger partial charge in [-0.3, -0.25) is 0 Å². The van der Waals surface area contributed by atoms with Gasteiger partial charge < -0.3 is 0 Å². The minimum atomic E-state index is -3.86. The van der Waals surface area contributed by atoms with E-state index in [1.807, 2.05) is 0 Å². The van der Waals surface area contributed by atoms with E-state index in [1.165, 1.54) is 4.31 Å². The molecule has 1 aliphatic carbocycles. The van der Waals surface area contributed by atoms with Crippen molar-refractivity contribution in [1.82, 2.24) is 9.03 Å². The highest BCUT2D eigenvalue weighted by atomic mass is 32.2. The summed E-state index contributed by atoms with van der Waals surface area (Å²) < 4.78 is 48.9. The molecule has 0 aromatic heterocycles. The first-order valence-electron chi connectivity index (χ1n) is 4.58. The third kappa shape index (κ3) is 1.89. The molecule has 2 aliphatic rings. The van der Waals surface area contributed by atoms with Gasteiger partial charge in [0.15, 0.2) is 0 Å². The van der Waals surface area contributed by atoms with E-state index in [2.05, 4.69) is 4.72 Å². The molecule has 0 bridgehead atoms. The van der Waals surface area contributed by atoms with Gasteiger partial charge in [0.2, 0.25) is 10.0 Å². The van der Waals surface area contributed by atoms with Gasteiger partial charge in [-0.1, -0.05) is 0 Å². The topological polar surface area (TPSA) is 110 Å². The van der Waals surface area contributed by atoms with Crippen LogP contribution in [0.4, 0.5) is 0 Å². The molecule has 15 heavy (non-hydrogen) atoms. The molecule has 3 N–H and O–H groups in total. The zero-order chi connectivity index (χ0) is 11.3. The fraction of sp³-hybridized carbons (Fsp3) is 1.00. The van der Waals surface area contributed by atoms with Gasteiger partial charge in [0.05, 0.1) is 0 Å². The smallest absolute Gasteiger partial charge is 0.227 e. The van der Waals surface area contributed by atoms with Crippen LogP contribution in [0.3, 0.4) is 0 Å². The fourth-order valence-electron chi connectivity index (χ4n) is 1.39. The van der Waals surface area contributed by atoms with E-state index >= 15 is 0 Å². The Kier molecular flexibility index (Phi) is 2.36. The summed E-state index contributed by atoms with van der Waals surface area (Å²) in [4.78, 5) is -1.44. The van der Waals surface area contributed by atoms with Crippen LogP contribution >= 0.6 is 0 Å². The van der Waals surface area contributed by atoms with E-state index in [0.29, 0.717) is 13.1 Å². The lowest BCUT2D eigenvalue weighted by Crippen LogP contribution is -2.55. The van der Waals surface area contributed by atoms with E-state index in [1.54, 1.807) is 0 Å². The van der Waals surface area contributed by atoms with Crippen molar-refractivity contribution in [3.8, 4) is 0 Å². The first-order chi connectivity index (χ1) is 6.77. The Morgan fingerprint density at radius 1 is 1.13 bits per heavy atom. The van der Waals surface area contributed by atoms with Crippen LogP contribution in [-0.4, -0.2) is 39.1 Å². The molecule has 0 spiro atoms. The number of rotatable bonds is 4. The monoisotopic (exact) mass is 255 g/mol. The van der Waals surface area contributed by atoms with E-state index in [0.717, 1.165) is 6.42 Å². The molecule has 1 aliphatic heterocycles. The van der Waals surface area contributed by atoms with Crippen molar-refractivity contribution < 1.29 is 16.8 Å². The first kappa shape index (κ1) is 11.3. The zero-order valence-electron chi connectivity index (χ0n) is 8.01. The molecule has 0 radical (unpaired) electrons. The number of nitrogens with two attached hydrogens (primary N) is 1. The second kappa shape index (κ2) is 3.14. The van der Waals surface area contributed by atoms with E-state index in [4.69, 9.17) is 5.14 Å². The minimum absolute atomic E-state index is 0.249. The summed E-state index contributed by atoms with van der Waals surface area (Å²) >= 11 is 0. The standard InChI is InChI=1S/C6H13N3O4S2/c7-14(10,11)6(2-3-6)8-15(12,13)9-4-1-5-9/h8H,1-5H2,(H2,7,10,11). The van der Waals surface area contributed by atoms with Crippen molar-refractivity contribution in [3.63, 3.8) is 0 Å². The van der Waals surface area contributed by atoms with Crippen LogP contribution in [0.1, 0.15) is 19.3 Å². The number of primary sulfonamides is 1. The molecule has 88 valence electrons. The molecule has 9 heteroatoms. The van der Waals surface area contributed by atoms with Crippen LogP contribution in [0.5, 0.6) is 0 Å². The zero-order valence-corrected chi connectivity index (χ0v) is 9.64. The van der Waals surface area contributed by atoms with Crippen molar-refractivity contribution in [2.75, 3.05) is 13.1 Å². The van der Waals surface area contributed by atoms with Gasteiger partial charge >= 0.3 is 0 Å². The normalized spacial score (nSPS) is 25.9. The highest BCUT2D eigenvalue weighted by molar-refractivity contribution is 7.93. The summed E-state index contributed by atoms with van der Waals surface area (Å²) in [7, 11) is -7.54. The number of sulfonamides is 1. The van der Waals surface area contributed by atoms with Crippen molar-refractivity contribution in [2.45, 2.75) is 24.1 Å². The summed E-state index contributed by atoms with van der Waals surface area (Å²) in [5.74, 6) is 0. The second-order valence-electron chi connectivity index (χ2n) is 3.90. The Bertz CT molecular complexity index is 461. The summed E-state index contributed by atoms with van der Waals surface area (Å²) in [6.45, 7) is 0.881. The van der Waals surface area contributed by atoms with Crippen LogP contribution < -0.4 is 9.86 Å². The Labute approximate surface area is 88.9 Å². The Balaban J connectivity index is 2.16. The molecule has 0 atom stereocenters. The average Bonchev–Trinajstić information content (AvgIpc) is 2.59. The van der Waals surface area contributed by atoms with Gasteiger partial charge in [-0.2, -0.15) is 17.4 Å². The van der Waals surface area contributed by atoms with Crippen LogP contribution in [0.25, 0.3) is 0 Å². The lowest BCUT2D eigenvalue weighted by Gasteiger charge is -2.31. The molecule has 0 aromatic carbocycles. The quantitative estimate of drug-likeness (QED) is 0.624. The molecule has 2 fully saturated rings. The van der Waals surface area contributed by atoms with Gasteiger partial charge in [0.25, 0.3) is 10.2 Å². The van der Waals surface area contributed by atoms with E-state index in [9.17, 15) is 16.8 Å². The molecular weight excluding hydrogens is 242 g/mol. The maximum atomic E-state index is 11.6. The van der Waals surface area contributed by atoms with Crippen LogP contribution in [0.15, 0.2) is 0 Å². The molecule has 0 aromatic rings.